The van der Waals surface area contributed by atoms with Crippen LogP contribution in [-0.2, 0) is 11.3 Å². The van der Waals surface area contributed by atoms with Crippen molar-refractivity contribution in [2.45, 2.75) is 12.6 Å². The van der Waals surface area contributed by atoms with E-state index >= 15 is 0 Å². The molecule has 1 fully saturated rings. The monoisotopic (exact) mass is 288 g/mol. The molecule has 1 unspecified atom stereocenters. The highest BCUT2D eigenvalue weighted by Crippen LogP contribution is 2.22. The summed E-state index contributed by atoms with van der Waals surface area (Å²) in [6, 6.07) is 5.63. The first-order valence-corrected chi connectivity index (χ1v) is 6.85. The smallest absolute Gasteiger partial charge is 0.0826 e. The third kappa shape index (κ3) is 4.11. The Kier molecular flexibility index (Phi) is 5.27. The second-order valence-electron chi connectivity index (χ2n) is 4.63. The van der Waals surface area contributed by atoms with Gasteiger partial charge in [0, 0.05) is 36.2 Å². The minimum atomic E-state index is 0.259. The maximum Gasteiger partial charge on any atom is 0.0826 e. The summed E-state index contributed by atoms with van der Waals surface area (Å²) >= 11 is 12.0. The molecule has 0 bridgehead atoms. The Morgan fingerprint density at radius 2 is 2.28 bits per heavy atom. The number of nitrogens with one attached hydrogen (secondary N) is 1. The Hall–Kier alpha value is -0.320. The van der Waals surface area contributed by atoms with Crippen LogP contribution in [0.25, 0.3) is 0 Å². The zero-order valence-electron chi connectivity index (χ0n) is 10.5. The van der Waals surface area contributed by atoms with Crippen molar-refractivity contribution in [3.63, 3.8) is 0 Å². The summed E-state index contributed by atoms with van der Waals surface area (Å²) < 4.78 is 5.68. The van der Waals surface area contributed by atoms with E-state index in [1.54, 1.807) is 6.07 Å². The first-order chi connectivity index (χ1) is 8.65. The second-order valence-corrected chi connectivity index (χ2v) is 5.47. The van der Waals surface area contributed by atoms with Crippen LogP contribution in [0.5, 0.6) is 0 Å². The van der Waals surface area contributed by atoms with E-state index in [9.17, 15) is 0 Å². The standard InChI is InChI=1S/C13H18Cl2N2O/c1-17(9-12-7-16-4-5-18-12)8-10-2-3-11(14)6-13(10)15/h2-3,6,12,16H,4-5,7-9H2,1H3. The van der Waals surface area contributed by atoms with Gasteiger partial charge in [0.25, 0.3) is 0 Å². The molecule has 0 aromatic heterocycles. The molecule has 5 heteroatoms. The average Bonchev–Trinajstić information content (AvgIpc) is 2.34. The van der Waals surface area contributed by atoms with Crippen LogP contribution in [0.1, 0.15) is 5.56 Å². The summed E-state index contributed by atoms with van der Waals surface area (Å²) in [4.78, 5) is 2.22. The van der Waals surface area contributed by atoms with Crippen LogP contribution in [0.15, 0.2) is 18.2 Å². The van der Waals surface area contributed by atoms with Gasteiger partial charge in [0.1, 0.15) is 0 Å². The van der Waals surface area contributed by atoms with E-state index in [-0.39, 0.29) is 6.10 Å². The molecule has 3 nitrogen and oxygen atoms in total. The van der Waals surface area contributed by atoms with E-state index < -0.39 is 0 Å². The summed E-state index contributed by atoms with van der Waals surface area (Å²) in [6.07, 6.45) is 0.259. The van der Waals surface area contributed by atoms with Crippen molar-refractivity contribution in [3.05, 3.63) is 33.8 Å². The Labute approximate surface area is 118 Å². The number of ether oxygens (including phenoxy) is 1. The number of hydrogen-bond donors (Lipinski definition) is 1. The Balaban J connectivity index is 1.87. The molecule has 1 aromatic carbocycles. The summed E-state index contributed by atoms with van der Waals surface area (Å²) in [5.74, 6) is 0. The number of rotatable bonds is 4. The molecule has 1 aliphatic rings. The molecule has 100 valence electrons. The molecule has 0 radical (unpaired) electrons. The van der Waals surface area contributed by atoms with Gasteiger partial charge in [-0.2, -0.15) is 0 Å². The van der Waals surface area contributed by atoms with Gasteiger partial charge in [0.15, 0.2) is 0 Å². The molecule has 1 heterocycles. The summed E-state index contributed by atoms with van der Waals surface area (Å²) in [7, 11) is 2.07. The predicted octanol–water partition coefficient (Wildman–Crippen LogP) is 2.41. The quantitative estimate of drug-likeness (QED) is 0.921. The fourth-order valence-corrected chi connectivity index (χ4v) is 2.56. The van der Waals surface area contributed by atoms with Crippen LogP contribution in [-0.4, -0.2) is 44.3 Å². The predicted molar refractivity (Wildman–Crippen MR) is 75.4 cm³/mol. The van der Waals surface area contributed by atoms with Gasteiger partial charge < -0.3 is 10.1 Å². The number of likely N-dealkylation sites (N-methyl/N-ethyl adjacent to an activating group) is 1. The molecule has 0 spiro atoms. The van der Waals surface area contributed by atoms with Gasteiger partial charge in [0.2, 0.25) is 0 Å². The molecule has 2 rings (SSSR count). The Morgan fingerprint density at radius 3 is 2.94 bits per heavy atom. The number of benzene rings is 1. The van der Waals surface area contributed by atoms with Gasteiger partial charge in [0.05, 0.1) is 12.7 Å². The SMILES string of the molecule is CN(Cc1ccc(Cl)cc1Cl)CC1CNCCO1. The lowest BCUT2D eigenvalue weighted by Crippen LogP contribution is -2.44. The zero-order chi connectivity index (χ0) is 13.0. The third-order valence-corrected chi connectivity index (χ3v) is 3.56. The van der Waals surface area contributed by atoms with Crippen molar-refractivity contribution in [2.24, 2.45) is 0 Å². The number of hydrogen-bond acceptors (Lipinski definition) is 3. The highest BCUT2D eigenvalue weighted by atomic mass is 35.5. The van der Waals surface area contributed by atoms with Crippen molar-refractivity contribution in [2.75, 3.05) is 33.3 Å². The van der Waals surface area contributed by atoms with Gasteiger partial charge >= 0.3 is 0 Å². The van der Waals surface area contributed by atoms with E-state index in [0.29, 0.717) is 5.02 Å². The van der Waals surface area contributed by atoms with E-state index in [0.717, 1.165) is 43.4 Å². The van der Waals surface area contributed by atoms with Crippen molar-refractivity contribution >= 4 is 23.2 Å². The molecule has 0 amide bonds. The normalized spacial score (nSPS) is 20.3. The van der Waals surface area contributed by atoms with Gasteiger partial charge in [-0.1, -0.05) is 29.3 Å². The van der Waals surface area contributed by atoms with E-state index in [2.05, 4.69) is 17.3 Å². The fourth-order valence-electron chi connectivity index (χ4n) is 2.09. The minimum absolute atomic E-state index is 0.259. The number of halogens is 2. The zero-order valence-corrected chi connectivity index (χ0v) is 12.0. The van der Waals surface area contributed by atoms with Crippen LogP contribution >= 0.6 is 23.2 Å². The average molecular weight is 289 g/mol. The highest BCUT2D eigenvalue weighted by molar-refractivity contribution is 6.35. The van der Waals surface area contributed by atoms with Gasteiger partial charge in [-0.3, -0.25) is 4.90 Å². The molecular formula is C13H18Cl2N2O. The van der Waals surface area contributed by atoms with Gasteiger partial charge in [-0.25, -0.2) is 0 Å². The second kappa shape index (κ2) is 6.73. The molecule has 1 atom stereocenters. The van der Waals surface area contributed by atoms with Crippen molar-refractivity contribution < 1.29 is 4.74 Å². The summed E-state index contributed by atoms with van der Waals surface area (Å²) in [5.41, 5.74) is 1.09. The van der Waals surface area contributed by atoms with Crippen LogP contribution in [0.3, 0.4) is 0 Å². The van der Waals surface area contributed by atoms with Gasteiger partial charge in [-0.05, 0) is 24.7 Å². The maximum absolute atomic E-state index is 6.16. The molecule has 1 saturated heterocycles. The fraction of sp³-hybridized carbons (Fsp3) is 0.538. The lowest BCUT2D eigenvalue weighted by atomic mass is 10.2. The van der Waals surface area contributed by atoms with E-state index in [1.165, 1.54) is 0 Å². The van der Waals surface area contributed by atoms with Crippen molar-refractivity contribution in [1.82, 2.24) is 10.2 Å². The van der Waals surface area contributed by atoms with Crippen molar-refractivity contribution in [1.29, 1.82) is 0 Å². The molecule has 0 aliphatic carbocycles. The van der Waals surface area contributed by atoms with E-state index in [1.807, 2.05) is 12.1 Å². The Bertz CT molecular complexity index is 395. The maximum atomic E-state index is 6.16. The topological polar surface area (TPSA) is 24.5 Å². The minimum Gasteiger partial charge on any atom is -0.374 e. The van der Waals surface area contributed by atoms with Crippen LogP contribution in [0.2, 0.25) is 10.0 Å². The molecule has 0 saturated carbocycles. The Morgan fingerprint density at radius 1 is 1.44 bits per heavy atom. The summed E-state index contributed by atoms with van der Waals surface area (Å²) in [6.45, 7) is 4.35. The molecule has 18 heavy (non-hydrogen) atoms. The van der Waals surface area contributed by atoms with Gasteiger partial charge in [-0.15, -0.1) is 0 Å². The largest absolute Gasteiger partial charge is 0.374 e. The number of morpholine rings is 1. The van der Waals surface area contributed by atoms with Crippen molar-refractivity contribution in [3.8, 4) is 0 Å². The first-order valence-electron chi connectivity index (χ1n) is 6.10. The summed E-state index contributed by atoms with van der Waals surface area (Å²) in [5, 5.41) is 4.72. The van der Waals surface area contributed by atoms with E-state index in [4.69, 9.17) is 27.9 Å². The highest BCUT2D eigenvalue weighted by Gasteiger charge is 2.16. The van der Waals surface area contributed by atoms with Crippen LogP contribution in [0, 0.1) is 0 Å². The lowest BCUT2D eigenvalue weighted by Gasteiger charge is -2.28. The first kappa shape index (κ1) is 14.1. The van der Waals surface area contributed by atoms with Crippen LogP contribution in [0.4, 0.5) is 0 Å². The molecule has 1 aromatic rings. The molecule has 1 N–H and O–H groups in total. The third-order valence-electron chi connectivity index (χ3n) is 2.98. The molecular weight excluding hydrogens is 271 g/mol. The molecule has 1 aliphatic heterocycles. The lowest BCUT2D eigenvalue weighted by molar-refractivity contribution is 0.00885. The number of nitrogens with zero attached hydrogens (tertiary/aromatic N) is 1. The van der Waals surface area contributed by atoms with Crippen LogP contribution < -0.4 is 5.32 Å².